The zero-order valence-electron chi connectivity index (χ0n) is 17.1. The number of nitro groups is 2. The van der Waals surface area contributed by atoms with Crippen molar-refractivity contribution in [1.29, 1.82) is 0 Å². The number of hydrogen-bond donors (Lipinski definition) is 0. The number of benzene rings is 2. The quantitative estimate of drug-likeness (QED) is 0.372. The van der Waals surface area contributed by atoms with Crippen LogP contribution in [0.3, 0.4) is 0 Å². The second-order valence-corrected chi connectivity index (χ2v) is 8.30. The molecule has 1 aliphatic heterocycles. The summed E-state index contributed by atoms with van der Waals surface area (Å²) in [5.74, 6) is -2.69. The number of piperidine rings is 1. The van der Waals surface area contributed by atoms with Gasteiger partial charge in [-0.1, -0.05) is 60.7 Å². The number of ketones is 2. The molecule has 2 aliphatic rings. The smallest absolute Gasteiger partial charge is 0.294 e. The highest BCUT2D eigenvalue weighted by Gasteiger charge is 2.74. The van der Waals surface area contributed by atoms with Gasteiger partial charge in [0.2, 0.25) is 5.78 Å². The van der Waals surface area contributed by atoms with Gasteiger partial charge in [0.1, 0.15) is 5.92 Å². The van der Waals surface area contributed by atoms with Crippen LogP contribution in [0, 0.1) is 26.1 Å². The lowest BCUT2D eigenvalue weighted by Crippen LogP contribution is -2.75. The number of carbonyl (C=O) groups is 2. The third kappa shape index (κ3) is 3.40. The van der Waals surface area contributed by atoms with Crippen molar-refractivity contribution in [2.24, 2.45) is 5.92 Å². The molecule has 0 unspecified atom stereocenters. The maximum atomic E-state index is 13.0. The molecule has 2 aromatic rings. The van der Waals surface area contributed by atoms with Gasteiger partial charge in [-0.05, 0) is 17.7 Å². The topological polar surface area (TPSA) is 124 Å². The first-order valence-electron chi connectivity index (χ1n) is 10.2. The summed E-state index contributed by atoms with van der Waals surface area (Å²) in [5, 5.41) is 24.7. The van der Waals surface area contributed by atoms with Gasteiger partial charge < -0.3 is 0 Å². The molecule has 9 nitrogen and oxygen atoms in total. The number of nitrogens with zero attached hydrogens (tertiary/aromatic N) is 3. The highest BCUT2D eigenvalue weighted by Crippen LogP contribution is 2.46. The Kier molecular flexibility index (Phi) is 5.43. The zero-order chi connectivity index (χ0) is 22.9. The fourth-order valence-corrected chi connectivity index (χ4v) is 4.92. The lowest BCUT2D eigenvalue weighted by molar-refractivity contribution is -0.624. The Morgan fingerprint density at radius 2 is 1.59 bits per heavy atom. The van der Waals surface area contributed by atoms with E-state index >= 15 is 0 Å². The summed E-state index contributed by atoms with van der Waals surface area (Å²) in [4.78, 5) is 51.0. The first-order chi connectivity index (χ1) is 15.3. The predicted molar refractivity (Wildman–Crippen MR) is 114 cm³/mol. The Morgan fingerprint density at radius 1 is 0.969 bits per heavy atom. The number of carbonyl (C=O) groups excluding carboxylic acids is 2. The lowest BCUT2D eigenvalue weighted by atomic mass is 9.60. The van der Waals surface area contributed by atoms with E-state index in [-0.39, 0.29) is 19.6 Å². The number of fused-ring (bicyclic) bond motifs is 2. The van der Waals surface area contributed by atoms with Gasteiger partial charge >= 0.3 is 5.54 Å². The van der Waals surface area contributed by atoms with Gasteiger partial charge in [-0.2, -0.15) is 0 Å². The van der Waals surface area contributed by atoms with E-state index < -0.39 is 44.8 Å². The van der Waals surface area contributed by atoms with Crippen LogP contribution < -0.4 is 0 Å². The summed E-state index contributed by atoms with van der Waals surface area (Å²) in [7, 11) is 0. The second-order valence-electron chi connectivity index (χ2n) is 8.30. The standard InChI is InChI=1S/C23H21N3O6/c27-19(18-9-5-2-6-10-18)13-20-22(25(29)30)12-11-21(28)23(20,26(31)32)16-24(15-22)14-17-7-3-1-4-8-17/h1-12,20H,13-16H2/t20-,22+,23+/m0/s1. The number of hydrogen-bond acceptors (Lipinski definition) is 7. The van der Waals surface area contributed by atoms with Crippen LogP contribution in [-0.2, 0) is 11.3 Å². The Bertz CT molecular complexity index is 1100. The van der Waals surface area contributed by atoms with Gasteiger partial charge in [-0.15, -0.1) is 0 Å². The molecule has 1 aliphatic carbocycles. The van der Waals surface area contributed by atoms with Crippen LogP contribution in [0.5, 0.6) is 0 Å². The maximum Gasteiger partial charge on any atom is 0.305 e. The van der Waals surface area contributed by atoms with E-state index in [0.29, 0.717) is 5.56 Å². The largest absolute Gasteiger partial charge is 0.305 e. The summed E-state index contributed by atoms with van der Waals surface area (Å²) in [5.41, 5.74) is -3.10. The van der Waals surface area contributed by atoms with Crippen molar-refractivity contribution >= 4 is 11.6 Å². The minimum absolute atomic E-state index is 0.138. The van der Waals surface area contributed by atoms with Crippen molar-refractivity contribution in [2.45, 2.75) is 24.0 Å². The molecule has 0 aromatic heterocycles. The molecule has 4 rings (SSSR count). The van der Waals surface area contributed by atoms with Crippen molar-refractivity contribution in [1.82, 2.24) is 4.90 Å². The molecule has 2 aromatic carbocycles. The third-order valence-electron chi connectivity index (χ3n) is 6.47. The molecule has 0 saturated carbocycles. The van der Waals surface area contributed by atoms with E-state index in [1.807, 2.05) is 18.2 Å². The Labute approximate surface area is 183 Å². The zero-order valence-corrected chi connectivity index (χ0v) is 17.1. The summed E-state index contributed by atoms with van der Waals surface area (Å²) in [6, 6.07) is 17.2. The fourth-order valence-electron chi connectivity index (χ4n) is 4.92. The monoisotopic (exact) mass is 435 g/mol. The fraction of sp³-hybridized carbons (Fsp3) is 0.304. The van der Waals surface area contributed by atoms with Crippen LogP contribution in [0.1, 0.15) is 22.3 Å². The highest BCUT2D eigenvalue weighted by molar-refractivity contribution is 6.01. The number of likely N-dealkylation sites (tertiary alicyclic amines) is 1. The molecule has 0 radical (unpaired) electrons. The van der Waals surface area contributed by atoms with E-state index in [1.165, 1.54) is 0 Å². The summed E-state index contributed by atoms with van der Waals surface area (Å²) in [6.45, 7) is -0.228. The van der Waals surface area contributed by atoms with Crippen LogP contribution in [0.4, 0.5) is 0 Å². The van der Waals surface area contributed by atoms with Gasteiger partial charge in [-0.25, -0.2) is 0 Å². The summed E-state index contributed by atoms with van der Waals surface area (Å²) in [6.07, 6.45) is 1.63. The van der Waals surface area contributed by atoms with Crippen LogP contribution >= 0.6 is 0 Å². The van der Waals surface area contributed by atoms with E-state index in [2.05, 4.69) is 0 Å². The van der Waals surface area contributed by atoms with Gasteiger partial charge in [0.25, 0.3) is 5.54 Å². The Morgan fingerprint density at radius 3 is 2.19 bits per heavy atom. The van der Waals surface area contributed by atoms with Gasteiger partial charge in [0.05, 0.1) is 13.1 Å². The lowest BCUT2D eigenvalue weighted by Gasteiger charge is -2.48. The molecule has 1 heterocycles. The molecule has 1 fully saturated rings. The highest BCUT2D eigenvalue weighted by atomic mass is 16.6. The van der Waals surface area contributed by atoms with Crippen LogP contribution in [0.2, 0.25) is 0 Å². The van der Waals surface area contributed by atoms with E-state index in [0.717, 1.165) is 17.7 Å². The normalized spacial score (nSPS) is 27.1. The molecular formula is C23H21N3O6. The number of Topliss-reactive ketones (excluding diaryl/α,β-unsaturated/α-hetero) is 1. The van der Waals surface area contributed by atoms with Crippen molar-refractivity contribution in [3.8, 4) is 0 Å². The first-order valence-corrected chi connectivity index (χ1v) is 10.2. The number of rotatable bonds is 7. The van der Waals surface area contributed by atoms with Crippen molar-refractivity contribution in [2.75, 3.05) is 13.1 Å². The average Bonchev–Trinajstić information content (AvgIpc) is 2.78. The van der Waals surface area contributed by atoms with Crippen molar-refractivity contribution < 1.29 is 19.4 Å². The maximum absolute atomic E-state index is 13.0. The van der Waals surface area contributed by atoms with E-state index in [9.17, 15) is 29.8 Å². The summed E-state index contributed by atoms with van der Waals surface area (Å²) < 4.78 is 0. The SMILES string of the molecule is O=C(C[C@@H]1[C@]2([N+](=O)[O-])CN(Cc3ccccc3)C[C@]1([N+](=O)[O-])C=CC2=O)c1ccccc1. The van der Waals surface area contributed by atoms with Gasteiger partial charge in [0, 0.05) is 28.4 Å². The molecule has 2 bridgehead atoms. The summed E-state index contributed by atoms with van der Waals surface area (Å²) >= 11 is 0. The molecule has 0 spiro atoms. The third-order valence-corrected chi connectivity index (χ3v) is 6.47. The predicted octanol–water partition coefficient (Wildman–Crippen LogP) is 2.56. The molecular weight excluding hydrogens is 414 g/mol. The van der Waals surface area contributed by atoms with Gasteiger partial charge in [0.15, 0.2) is 5.78 Å². The first kappa shape index (κ1) is 21.5. The minimum Gasteiger partial charge on any atom is -0.294 e. The van der Waals surface area contributed by atoms with E-state index in [4.69, 9.17) is 0 Å². The van der Waals surface area contributed by atoms with Crippen molar-refractivity contribution in [3.05, 3.63) is 104 Å². The molecule has 3 atom stereocenters. The van der Waals surface area contributed by atoms with Crippen LogP contribution in [0.15, 0.2) is 72.8 Å². The molecule has 0 amide bonds. The van der Waals surface area contributed by atoms with Crippen LogP contribution in [-0.4, -0.2) is 50.5 Å². The van der Waals surface area contributed by atoms with Crippen LogP contribution in [0.25, 0.3) is 0 Å². The minimum atomic E-state index is -2.28. The average molecular weight is 435 g/mol. The van der Waals surface area contributed by atoms with E-state index in [1.54, 1.807) is 47.4 Å². The second kappa shape index (κ2) is 8.08. The Balaban J connectivity index is 1.78. The molecule has 164 valence electrons. The molecule has 0 N–H and O–H groups in total. The molecule has 9 heteroatoms. The molecule has 32 heavy (non-hydrogen) atoms. The van der Waals surface area contributed by atoms with Crippen molar-refractivity contribution in [3.63, 3.8) is 0 Å². The Hall–Kier alpha value is -3.72. The van der Waals surface area contributed by atoms with Gasteiger partial charge in [-0.3, -0.25) is 34.7 Å². The molecule has 1 saturated heterocycles.